The van der Waals surface area contributed by atoms with Gasteiger partial charge in [-0.05, 0) is 13.3 Å². The maximum atomic E-state index is 11.5. The molecule has 7 nitrogen and oxygen atoms in total. The molecule has 1 amide bonds. The summed E-state index contributed by atoms with van der Waals surface area (Å²) in [5, 5.41) is 2.43. The number of methoxy groups -OCH3 is 2. The molecule has 0 aromatic heterocycles. The zero-order valence-corrected chi connectivity index (χ0v) is 11.4. The molecule has 0 aliphatic carbocycles. The van der Waals surface area contributed by atoms with E-state index in [0.717, 1.165) is 0 Å². The number of hydrogen-bond acceptors (Lipinski definition) is 6. The molecule has 0 aromatic rings. The number of carbonyl (C=O) groups is 4. The first-order valence-corrected chi connectivity index (χ1v) is 5.84. The molecule has 1 N–H and O–H groups in total. The standard InChI is InChI=1S/C12H19NO6/c1-8(14)4-6-10(15)13-9(12(17)19-3)5-7-11(16)18-2/h9H,4-7H2,1-3H3,(H,13,15)/t9-/m0/s1. The molecule has 108 valence electrons. The fourth-order valence-electron chi connectivity index (χ4n) is 1.31. The second-order valence-corrected chi connectivity index (χ2v) is 3.96. The molecule has 0 aliphatic heterocycles. The predicted molar refractivity (Wildman–Crippen MR) is 65.1 cm³/mol. The topological polar surface area (TPSA) is 98.8 Å². The lowest BCUT2D eigenvalue weighted by Crippen LogP contribution is -2.41. The molecule has 19 heavy (non-hydrogen) atoms. The quantitative estimate of drug-likeness (QED) is 0.623. The molecule has 0 heterocycles. The SMILES string of the molecule is COC(=O)CC[C@H](NC(=O)CCC(C)=O)C(=O)OC. The maximum Gasteiger partial charge on any atom is 0.328 e. The molecule has 0 fully saturated rings. The second-order valence-electron chi connectivity index (χ2n) is 3.96. The molecule has 0 saturated carbocycles. The van der Waals surface area contributed by atoms with Crippen molar-refractivity contribution in [1.82, 2.24) is 5.32 Å². The van der Waals surface area contributed by atoms with E-state index in [1.54, 1.807) is 0 Å². The molecule has 0 aliphatic rings. The van der Waals surface area contributed by atoms with E-state index in [1.807, 2.05) is 0 Å². The lowest BCUT2D eigenvalue weighted by atomic mass is 10.1. The number of nitrogens with one attached hydrogen (secondary N) is 1. The molecule has 0 bridgehead atoms. The summed E-state index contributed by atoms with van der Waals surface area (Å²) in [6.07, 6.45) is 0.187. The molecular weight excluding hydrogens is 254 g/mol. The number of ketones is 1. The lowest BCUT2D eigenvalue weighted by molar-refractivity contribution is -0.146. The van der Waals surface area contributed by atoms with Crippen molar-refractivity contribution in [2.24, 2.45) is 0 Å². The van der Waals surface area contributed by atoms with Crippen LogP contribution in [0.25, 0.3) is 0 Å². The Morgan fingerprint density at radius 2 is 1.63 bits per heavy atom. The Morgan fingerprint density at radius 3 is 2.11 bits per heavy atom. The highest BCUT2D eigenvalue weighted by molar-refractivity contribution is 5.87. The van der Waals surface area contributed by atoms with Gasteiger partial charge >= 0.3 is 11.9 Å². The van der Waals surface area contributed by atoms with Gasteiger partial charge < -0.3 is 19.6 Å². The molecule has 0 saturated heterocycles. The van der Waals surface area contributed by atoms with Crippen LogP contribution >= 0.6 is 0 Å². The van der Waals surface area contributed by atoms with Crippen molar-refractivity contribution < 1.29 is 28.7 Å². The van der Waals surface area contributed by atoms with Gasteiger partial charge in [-0.15, -0.1) is 0 Å². The van der Waals surface area contributed by atoms with Crippen LogP contribution in [0.1, 0.15) is 32.6 Å². The van der Waals surface area contributed by atoms with E-state index in [0.29, 0.717) is 0 Å². The van der Waals surface area contributed by atoms with E-state index in [9.17, 15) is 19.2 Å². The van der Waals surface area contributed by atoms with E-state index >= 15 is 0 Å². The molecule has 0 rings (SSSR count). The first kappa shape index (κ1) is 17.1. The Bertz CT molecular complexity index is 352. The normalized spacial score (nSPS) is 11.3. The van der Waals surface area contributed by atoms with Crippen LogP contribution in [0, 0.1) is 0 Å². The van der Waals surface area contributed by atoms with Gasteiger partial charge in [-0.2, -0.15) is 0 Å². The first-order valence-electron chi connectivity index (χ1n) is 5.84. The average Bonchev–Trinajstić information content (AvgIpc) is 2.39. The molecule has 0 spiro atoms. The minimum Gasteiger partial charge on any atom is -0.469 e. The molecular formula is C12H19NO6. The number of amides is 1. The summed E-state index contributed by atoms with van der Waals surface area (Å²) >= 11 is 0. The van der Waals surface area contributed by atoms with Crippen LogP contribution < -0.4 is 5.32 Å². The van der Waals surface area contributed by atoms with Gasteiger partial charge in [0.05, 0.1) is 14.2 Å². The Kier molecular flexibility index (Phi) is 8.15. The van der Waals surface area contributed by atoms with E-state index in [2.05, 4.69) is 14.8 Å². The average molecular weight is 273 g/mol. The van der Waals surface area contributed by atoms with E-state index in [1.165, 1.54) is 21.1 Å². The molecule has 7 heteroatoms. The van der Waals surface area contributed by atoms with Gasteiger partial charge in [0, 0.05) is 19.3 Å². The summed E-state index contributed by atoms with van der Waals surface area (Å²) in [5.74, 6) is -1.67. The highest BCUT2D eigenvalue weighted by Gasteiger charge is 2.22. The van der Waals surface area contributed by atoms with E-state index in [-0.39, 0.29) is 31.5 Å². The number of ether oxygens (including phenoxy) is 2. The minimum atomic E-state index is -0.913. The van der Waals surface area contributed by atoms with Crippen LogP contribution in [0.2, 0.25) is 0 Å². The summed E-state index contributed by atoms with van der Waals surface area (Å²) in [7, 11) is 2.43. The van der Waals surface area contributed by atoms with Crippen LogP contribution in [0.4, 0.5) is 0 Å². The van der Waals surface area contributed by atoms with Crippen LogP contribution in [0.5, 0.6) is 0 Å². The number of Topliss-reactive ketones (excluding diaryl/α,β-unsaturated/α-hetero) is 1. The number of carbonyl (C=O) groups excluding carboxylic acids is 4. The monoisotopic (exact) mass is 273 g/mol. The maximum absolute atomic E-state index is 11.5. The summed E-state index contributed by atoms with van der Waals surface area (Å²) < 4.78 is 8.98. The third-order valence-electron chi connectivity index (χ3n) is 2.39. The van der Waals surface area contributed by atoms with Gasteiger partial charge in [-0.1, -0.05) is 0 Å². The van der Waals surface area contributed by atoms with Gasteiger partial charge in [0.25, 0.3) is 0 Å². The minimum absolute atomic E-state index is 0.00104. The van der Waals surface area contributed by atoms with Gasteiger partial charge in [0.15, 0.2) is 0 Å². The van der Waals surface area contributed by atoms with Crippen molar-refractivity contribution in [3.8, 4) is 0 Å². The summed E-state index contributed by atoms with van der Waals surface area (Å²) in [6.45, 7) is 1.38. The summed E-state index contributed by atoms with van der Waals surface area (Å²) in [4.78, 5) is 44.7. The molecule has 1 atom stereocenters. The van der Waals surface area contributed by atoms with Crippen molar-refractivity contribution in [1.29, 1.82) is 0 Å². The zero-order valence-electron chi connectivity index (χ0n) is 11.4. The Balaban J connectivity index is 4.34. The highest BCUT2D eigenvalue weighted by Crippen LogP contribution is 2.02. The van der Waals surface area contributed by atoms with E-state index in [4.69, 9.17) is 0 Å². The van der Waals surface area contributed by atoms with Gasteiger partial charge in [0.1, 0.15) is 11.8 Å². The van der Waals surface area contributed by atoms with Gasteiger partial charge in [-0.3, -0.25) is 9.59 Å². The Hall–Kier alpha value is -1.92. The van der Waals surface area contributed by atoms with Crippen molar-refractivity contribution in [2.45, 2.75) is 38.6 Å². The molecule has 0 radical (unpaired) electrons. The summed E-state index contributed by atoms with van der Waals surface area (Å²) in [6, 6.07) is -0.913. The van der Waals surface area contributed by atoms with Crippen LogP contribution in [-0.2, 0) is 28.7 Å². The van der Waals surface area contributed by atoms with Gasteiger partial charge in [-0.25, -0.2) is 4.79 Å². The zero-order chi connectivity index (χ0) is 14.8. The van der Waals surface area contributed by atoms with Crippen LogP contribution in [0.3, 0.4) is 0 Å². The third-order valence-corrected chi connectivity index (χ3v) is 2.39. The highest BCUT2D eigenvalue weighted by atomic mass is 16.5. The first-order chi connectivity index (χ1) is 8.90. The van der Waals surface area contributed by atoms with Crippen molar-refractivity contribution in [3.05, 3.63) is 0 Å². The van der Waals surface area contributed by atoms with E-state index < -0.39 is 23.9 Å². The van der Waals surface area contributed by atoms with Crippen LogP contribution in [0.15, 0.2) is 0 Å². The fraction of sp³-hybridized carbons (Fsp3) is 0.667. The third kappa shape index (κ3) is 7.91. The lowest BCUT2D eigenvalue weighted by Gasteiger charge is -2.15. The molecule has 0 unspecified atom stereocenters. The Labute approximate surface area is 111 Å². The number of esters is 2. The van der Waals surface area contributed by atoms with Crippen molar-refractivity contribution >= 4 is 23.6 Å². The molecule has 0 aromatic carbocycles. The van der Waals surface area contributed by atoms with Crippen molar-refractivity contribution in [2.75, 3.05) is 14.2 Å². The summed E-state index contributed by atoms with van der Waals surface area (Å²) in [5.41, 5.74) is 0. The second kappa shape index (κ2) is 9.07. The largest absolute Gasteiger partial charge is 0.469 e. The number of rotatable bonds is 8. The van der Waals surface area contributed by atoms with Crippen LogP contribution in [-0.4, -0.2) is 43.9 Å². The smallest absolute Gasteiger partial charge is 0.328 e. The van der Waals surface area contributed by atoms with Gasteiger partial charge in [0.2, 0.25) is 5.91 Å². The fourth-order valence-corrected chi connectivity index (χ4v) is 1.31. The Morgan fingerprint density at radius 1 is 1.00 bits per heavy atom. The van der Waals surface area contributed by atoms with Crippen molar-refractivity contribution in [3.63, 3.8) is 0 Å². The number of hydrogen-bond donors (Lipinski definition) is 1. The predicted octanol–water partition coefficient (Wildman–Crippen LogP) is -0.0334.